The van der Waals surface area contributed by atoms with Crippen molar-refractivity contribution < 1.29 is 9.84 Å². The zero-order chi connectivity index (χ0) is 15.7. The van der Waals surface area contributed by atoms with Crippen molar-refractivity contribution in [3.63, 3.8) is 0 Å². The fourth-order valence-corrected chi connectivity index (χ4v) is 3.42. The average molecular weight is 291 g/mol. The molecule has 0 aliphatic carbocycles. The van der Waals surface area contributed by atoms with E-state index in [0.29, 0.717) is 0 Å². The second kappa shape index (κ2) is 6.07. The number of nitrogens with zero attached hydrogens (tertiary/aromatic N) is 1. The molecule has 1 aliphatic rings. The summed E-state index contributed by atoms with van der Waals surface area (Å²) < 4.78 is 6.08. The molecule has 1 saturated heterocycles. The van der Waals surface area contributed by atoms with Crippen LogP contribution in [0.3, 0.4) is 0 Å². The molecular formula is C18H29NO2. The molecule has 3 nitrogen and oxygen atoms in total. The third kappa shape index (κ3) is 3.65. The van der Waals surface area contributed by atoms with Gasteiger partial charge in [-0.15, -0.1) is 0 Å². The van der Waals surface area contributed by atoms with E-state index in [2.05, 4.69) is 49.9 Å². The fraction of sp³-hybridized carbons (Fsp3) is 0.667. The Kier molecular flexibility index (Phi) is 4.76. The van der Waals surface area contributed by atoms with Gasteiger partial charge in [-0.3, -0.25) is 4.90 Å². The van der Waals surface area contributed by atoms with Gasteiger partial charge in [-0.25, -0.2) is 0 Å². The lowest BCUT2D eigenvalue weighted by atomic mass is 9.84. The van der Waals surface area contributed by atoms with Crippen molar-refractivity contribution in [3.05, 3.63) is 35.9 Å². The van der Waals surface area contributed by atoms with Gasteiger partial charge in [0.05, 0.1) is 17.3 Å². The number of aliphatic hydroxyl groups is 1. The van der Waals surface area contributed by atoms with Crippen LogP contribution < -0.4 is 0 Å². The van der Waals surface area contributed by atoms with Crippen molar-refractivity contribution >= 4 is 0 Å². The molecule has 0 aromatic heterocycles. The summed E-state index contributed by atoms with van der Waals surface area (Å²) in [7, 11) is 0. The standard InChI is InChI=1S/C18H29NO2/c1-6-19(12-14-10-8-7-9-11-14)13-15-16(20)18(4,5)21-17(15,2)3/h7-11,15-16,20H,6,12-13H2,1-5H3. The van der Waals surface area contributed by atoms with E-state index in [1.54, 1.807) is 0 Å². The topological polar surface area (TPSA) is 32.7 Å². The van der Waals surface area contributed by atoms with Gasteiger partial charge in [0.25, 0.3) is 0 Å². The van der Waals surface area contributed by atoms with Crippen molar-refractivity contribution in [2.45, 2.75) is 58.5 Å². The van der Waals surface area contributed by atoms with Gasteiger partial charge in [0.2, 0.25) is 0 Å². The van der Waals surface area contributed by atoms with Crippen LogP contribution in [0.25, 0.3) is 0 Å². The summed E-state index contributed by atoms with van der Waals surface area (Å²) in [6, 6.07) is 10.5. The summed E-state index contributed by atoms with van der Waals surface area (Å²) in [5.41, 5.74) is 0.540. The maximum atomic E-state index is 10.6. The number of hydrogen-bond donors (Lipinski definition) is 1. The lowest BCUT2D eigenvalue weighted by Gasteiger charge is -2.32. The normalized spacial score (nSPS) is 27.2. The number of aliphatic hydroxyl groups excluding tert-OH is 1. The van der Waals surface area contributed by atoms with Gasteiger partial charge in [-0.05, 0) is 39.8 Å². The Bertz CT molecular complexity index is 456. The number of rotatable bonds is 5. The summed E-state index contributed by atoms with van der Waals surface area (Å²) in [5.74, 6) is 0.121. The molecule has 0 amide bonds. The molecule has 2 unspecified atom stereocenters. The van der Waals surface area contributed by atoms with Gasteiger partial charge >= 0.3 is 0 Å². The van der Waals surface area contributed by atoms with Crippen LogP contribution in [0.1, 0.15) is 40.2 Å². The predicted octanol–water partition coefficient (Wildman–Crippen LogP) is 3.07. The largest absolute Gasteiger partial charge is 0.390 e. The minimum Gasteiger partial charge on any atom is -0.390 e. The van der Waals surface area contributed by atoms with E-state index in [0.717, 1.165) is 19.6 Å². The molecule has 0 bridgehead atoms. The Morgan fingerprint density at radius 1 is 1.10 bits per heavy atom. The van der Waals surface area contributed by atoms with E-state index in [4.69, 9.17) is 4.74 Å². The average Bonchev–Trinajstić information content (AvgIpc) is 2.57. The van der Waals surface area contributed by atoms with Crippen LogP contribution >= 0.6 is 0 Å². The molecule has 0 saturated carbocycles. The van der Waals surface area contributed by atoms with E-state index in [1.165, 1.54) is 5.56 Å². The van der Waals surface area contributed by atoms with Crippen molar-refractivity contribution in [1.82, 2.24) is 4.90 Å². The van der Waals surface area contributed by atoms with Crippen LogP contribution in [-0.4, -0.2) is 40.4 Å². The van der Waals surface area contributed by atoms with Crippen molar-refractivity contribution in [2.24, 2.45) is 5.92 Å². The molecule has 0 spiro atoms. The molecule has 0 radical (unpaired) electrons. The molecular weight excluding hydrogens is 262 g/mol. The van der Waals surface area contributed by atoms with E-state index in [9.17, 15) is 5.11 Å². The summed E-state index contributed by atoms with van der Waals surface area (Å²) >= 11 is 0. The summed E-state index contributed by atoms with van der Waals surface area (Å²) in [5, 5.41) is 10.6. The SMILES string of the molecule is CCN(Cc1ccccc1)CC1C(O)C(C)(C)OC1(C)C. The minimum atomic E-state index is -0.472. The number of ether oxygens (including phenoxy) is 1. The third-order valence-electron chi connectivity index (χ3n) is 4.66. The van der Waals surface area contributed by atoms with Crippen molar-refractivity contribution in [1.29, 1.82) is 0 Å². The lowest BCUT2D eigenvalue weighted by Crippen LogP contribution is -2.43. The first-order chi connectivity index (χ1) is 9.76. The lowest BCUT2D eigenvalue weighted by molar-refractivity contribution is -0.0913. The fourth-order valence-electron chi connectivity index (χ4n) is 3.42. The van der Waals surface area contributed by atoms with Crippen molar-refractivity contribution in [3.8, 4) is 0 Å². The highest BCUT2D eigenvalue weighted by Gasteiger charge is 2.53. The second-order valence-electron chi connectivity index (χ2n) is 7.17. The number of hydrogen-bond acceptors (Lipinski definition) is 3. The predicted molar refractivity (Wildman–Crippen MR) is 86.1 cm³/mol. The van der Waals surface area contributed by atoms with E-state index >= 15 is 0 Å². The zero-order valence-corrected chi connectivity index (χ0v) is 14.0. The minimum absolute atomic E-state index is 0.121. The molecule has 3 heteroatoms. The van der Waals surface area contributed by atoms with Gasteiger partial charge in [-0.1, -0.05) is 37.3 Å². The molecule has 2 rings (SSSR count). The Morgan fingerprint density at radius 3 is 2.19 bits per heavy atom. The smallest absolute Gasteiger partial charge is 0.0896 e. The van der Waals surface area contributed by atoms with E-state index in [1.807, 2.05) is 19.9 Å². The Morgan fingerprint density at radius 2 is 1.71 bits per heavy atom. The molecule has 2 atom stereocenters. The molecule has 118 valence electrons. The monoisotopic (exact) mass is 291 g/mol. The molecule has 21 heavy (non-hydrogen) atoms. The van der Waals surface area contributed by atoms with Crippen LogP contribution in [0.5, 0.6) is 0 Å². The third-order valence-corrected chi connectivity index (χ3v) is 4.66. The van der Waals surface area contributed by atoms with Gasteiger partial charge in [-0.2, -0.15) is 0 Å². The molecule has 1 aliphatic heterocycles. The van der Waals surface area contributed by atoms with E-state index in [-0.39, 0.29) is 11.5 Å². The first-order valence-electron chi connectivity index (χ1n) is 7.91. The van der Waals surface area contributed by atoms with Crippen LogP contribution in [0.2, 0.25) is 0 Å². The Labute approximate surface area is 128 Å². The molecule has 1 aromatic carbocycles. The highest BCUT2D eigenvalue weighted by molar-refractivity contribution is 5.14. The van der Waals surface area contributed by atoms with Gasteiger partial charge < -0.3 is 9.84 Å². The van der Waals surface area contributed by atoms with Gasteiger partial charge in [0, 0.05) is 19.0 Å². The van der Waals surface area contributed by atoms with Crippen LogP contribution in [0.4, 0.5) is 0 Å². The first kappa shape index (κ1) is 16.5. The maximum absolute atomic E-state index is 10.6. The van der Waals surface area contributed by atoms with Gasteiger partial charge in [0.1, 0.15) is 0 Å². The van der Waals surface area contributed by atoms with Gasteiger partial charge in [0.15, 0.2) is 0 Å². The van der Waals surface area contributed by atoms with Crippen LogP contribution in [0, 0.1) is 5.92 Å². The Hall–Kier alpha value is -0.900. The second-order valence-corrected chi connectivity index (χ2v) is 7.17. The highest BCUT2D eigenvalue weighted by Crippen LogP contribution is 2.42. The maximum Gasteiger partial charge on any atom is 0.0896 e. The molecule has 1 heterocycles. The molecule has 1 N–H and O–H groups in total. The van der Waals surface area contributed by atoms with Crippen molar-refractivity contribution in [2.75, 3.05) is 13.1 Å². The molecule has 1 aromatic rings. The number of benzene rings is 1. The summed E-state index contributed by atoms with van der Waals surface area (Å²) in [6.07, 6.45) is -0.433. The first-order valence-corrected chi connectivity index (χ1v) is 7.91. The summed E-state index contributed by atoms with van der Waals surface area (Å²) in [6.45, 7) is 13.0. The quantitative estimate of drug-likeness (QED) is 0.905. The summed E-state index contributed by atoms with van der Waals surface area (Å²) in [4.78, 5) is 2.38. The zero-order valence-electron chi connectivity index (χ0n) is 14.0. The van der Waals surface area contributed by atoms with Crippen LogP contribution in [-0.2, 0) is 11.3 Å². The Balaban J connectivity index is 2.07. The van der Waals surface area contributed by atoms with Crippen LogP contribution in [0.15, 0.2) is 30.3 Å². The highest BCUT2D eigenvalue weighted by atomic mass is 16.5. The molecule has 1 fully saturated rings. The van der Waals surface area contributed by atoms with E-state index < -0.39 is 11.7 Å².